The average Bonchev–Trinajstić information content (AvgIpc) is 2.64. The van der Waals surface area contributed by atoms with Crippen LogP contribution in [0.3, 0.4) is 0 Å². The fourth-order valence-electron chi connectivity index (χ4n) is 2.84. The SMILES string of the molecule is Nc1ccc(CC(=O)N2CCN(C(=O)c3ccccc3)CC2)cc1. The molecule has 0 atom stereocenters. The molecule has 0 unspecified atom stereocenters. The number of nitrogens with two attached hydrogens (primary N) is 1. The highest BCUT2D eigenvalue weighted by molar-refractivity contribution is 5.94. The summed E-state index contributed by atoms with van der Waals surface area (Å²) in [6, 6.07) is 16.6. The van der Waals surface area contributed by atoms with Crippen LogP contribution >= 0.6 is 0 Å². The van der Waals surface area contributed by atoms with Gasteiger partial charge in [0.2, 0.25) is 5.91 Å². The highest BCUT2D eigenvalue weighted by atomic mass is 16.2. The Bertz CT molecular complexity index is 705. The Morgan fingerprint density at radius 2 is 1.42 bits per heavy atom. The minimum Gasteiger partial charge on any atom is -0.399 e. The Hall–Kier alpha value is -2.82. The van der Waals surface area contributed by atoms with Crippen molar-refractivity contribution in [2.75, 3.05) is 31.9 Å². The van der Waals surface area contributed by atoms with E-state index in [0.717, 1.165) is 5.56 Å². The predicted octanol–water partition coefficient (Wildman–Crippen LogP) is 1.80. The molecule has 5 nitrogen and oxygen atoms in total. The third-order valence-corrected chi connectivity index (χ3v) is 4.28. The maximum absolute atomic E-state index is 12.4. The van der Waals surface area contributed by atoms with Crippen LogP contribution in [0.25, 0.3) is 0 Å². The number of hydrogen-bond acceptors (Lipinski definition) is 3. The molecule has 2 aromatic carbocycles. The summed E-state index contributed by atoms with van der Waals surface area (Å²) in [7, 11) is 0. The molecule has 0 radical (unpaired) electrons. The molecule has 2 N–H and O–H groups in total. The molecule has 124 valence electrons. The van der Waals surface area contributed by atoms with Gasteiger partial charge in [0.1, 0.15) is 0 Å². The van der Waals surface area contributed by atoms with Gasteiger partial charge in [-0.2, -0.15) is 0 Å². The topological polar surface area (TPSA) is 66.6 Å². The summed E-state index contributed by atoms with van der Waals surface area (Å²) < 4.78 is 0. The van der Waals surface area contributed by atoms with Crippen LogP contribution in [0.15, 0.2) is 54.6 Å². The highest BCUT2D eigenvalue weighted by Crippen LogP contribution is 2.11. The molecule has 0 aliphatic carbocycles. The van der Waals surface area contributed by atoms with Crippen LogP contribution in [0, 0.1) is 0 Å². The lowest BCUT2D eigenvalue weighted by Gasteiger charge is -2.35. The molecule has 0 bridgehead atoms. The van der Waals surface area contributed by atoms with Crippen molar-refractivity contribution in [3.05, 3.63) is 65.7 Å². The van der Waals surface area contributed by atoms with Crippen LogP contribution in [0.2, 0.25) is 0 Å². The number of anilines is 1. The van der Waals surface area contributed by atoms with E-state index in [-0.39, 0.29) is 11.8 Å². The van der Waals surface area contributed by atoms with E-state index in [9.17, 15) is 9.59 Å². The van der Waals surface area contributed by atoms with Crippen molar-refractivity contribution < 1.29 is 9.59 Å². The van der Waals surface area contributed by atoms with Gasteiger partial charge in [0.15, 0.2) is 0 Å². The zero-order valence-corrected chi connectivity index (χ0v) is 13.5. The van der Waals surface area contributed by atoms with Crippen molar-refractivity contribution in [2.45, 2.75) is 6.42 Å². The van der Waals surface area contributed by atoms with Gasteiger partial charge >= 0.3 is 0 Å². The molecule has 2 aromatic rings. The molecule has 3 rings (SSSR count). The van der Waals surface area contributed by atoms with E-state index in [1.165, 1.54) is 0 Å². The van der Waals surface area contributed by atoms with E-state index in [1.54, 1.807) is 12.1 Å². The zero-order chi connectivity index (χ0) is 16.9. The number of carbonyl (C=O) groups excluding carboxylic acids is 2. The van der Waals surface area contributed by atoms with Crippen molar-refractivity contribution in [1.82, 2.24) is 9.80 Å². The fraction of sp³-hybridized carbons (Fsp3) is 0.263. The minimum absolute atomic E-state index is 0.0289. The molecule has 2 amide bonds. The van der Waals surface area contributed by atoms with Gasteiger partial charge in [0, 0.05) is 37.4 Å². The lowest BCUT2D eigenvalue weighted by molar-refractivity contribution is -0.131. The summed E-state index contributed by atoms with van der Waals surface area (Å²) in [5, 5.41) is 0. The molecule has 5 heteroatoms. The molecule has 0 saturated carbocycles. The molecular formula is C19H21N3O2. The third kappa shape index (κ3) is 3.74. The number of amides is 2. The molecule has 1 aliphatic rings. The quantitative estimate of drug-likeness (QED) is 0.876. The average molecular weight is 323 g/mol. The largest absolute Gasteiger partial charge is 0.399 e. The number of benzene rings is 2. The molecule has 1 aliphatic heterocycles. The molecular weight excluding hydrogens is 302 g/mol. The van der Waals surface area contributed by atoms with Crippen molar-refractivity contribution in [3.63, 3.8) is 0 Å². The Kier molecular flexibility index (Phi) is 4.79. The molecule has 1 heterocycles. The fourth-order valence-corrected chi connectivity index (χ4v) is 2.84. The number of carbonyl (C=O) groups is 2. The van der Waals surface area contributed by atoms with Gasteiger partial charge in [-0.3, -0.25) is 9.59 Å². The van der Waals surface area contributed by atoms with Crippen molar-refractivity contribution in [2.24, 2.45) is 0 Å². The first-order chi connectivity index (χ1) is 11.6. The summed E-state index contributed by atoms with van der Waals surface area (Å²) in [6.45, 7) is 2.29. The molecule has 1 saturated heterocycles. The Morgan fingerprint density at radius 1 is 0.833 bits per heavy atom. The Balaban J connectivity index is 1.54. The standard InChI is InChI=1S/C19H21N3O2/c20-17-8-6-15(7-9-17)14-18(23)21-10-12-22(13-11-21)19(24)16-4-2-1-3-5-16/h1-9H,10-14,20H2. The number of nitrogen functional groups attached to an aromatic ring is 1. The second kappa shape index (κ2) is 7.17. The van der Waals surface area contributed by atoms with E-state index in [2.05, 4.69) is 0 Å². The van der Waals surface area contributed by atoms with Gasteiger partial charge in [0.25, 0.3) is 5.91 Å². The van der Waals surface area contributed by atoms with Gasteiger partial charge < -0.3 is 15.5 Å². The van der Waals surface area contributed by atoms with E-state index in [4.69, 9.17) is 5.73 Å². The lowest BCUT2D eigenvalue weighted by atomic mass is 10.1. The van der Waals surface area contributed by atoms with Gasteiger partial charge in [-0.1, -0.05) is 30.3 Å². The Labute approximate surface area is 141 Å². The third-order valence-electron chi connectivity index (χ3n) is 4.28. The van der Waals surface area contributed by atoms with Gasteiger partial charge in [-0.05, 0) is 29.8 Å². The van der Waals surface area contributed by atoms with Gasteiger partial charge in [0.05, 0.1) is 6.42 Å². The molecule has 24 heavy (non-hydrogen) atoms. The summed E-state index contributed by atoms with van der Waals surface area (Å²) in [4.78, 5) is 28.4. The first-order valence-corrected chi connectivity index (χ1v) is 8.10. The monoisotopic (exact) mass is 323 g/mol. The summed E-state index contributed by atoms with van der Waals surface area (Å²) in [5.41, 5.74) is 8.00. The summed E-state index contributed by atoms with van der Waals surface area (Å²) in [6.07, 6.45) is 0.368. The second-order valence-corrected chi connectivity index (χ2v) is 5.96. The van der Waals surface area contributed by atoms with Crippen molar-refractivity contribution in [3.8, 4) is 0 Å². The first kappa shape index (κ1) is 16.1. The van der Waals surface area contributed by atoms with Crippen LogP contribution in [0.4, 0.5) is 5.69 Å². The maximum Gasteiger partial charge on any atom is 0.253 e. The van der Waals surface area contributed by atoms with Crippen molar-refractivity contribution in [1.29, 1.82) is 0 Å². The van der Waals surface area contributed by atoms with Crippen LogP contribution < -0.4 is 5.73 Å². The number of rotatable bonds is 3. The second-order valence-electron chi connectivity index (χ2n) is 5.96. The van der Waals surface area contributed by atoms with E-state index >= 15 is 0 Å². The molecule has 0 aromatic heterocycles. The number of nitrogens with zero attached hydrogens (tertiary/aromatic N) is 2. The minimum atomic E-state index is 0.0289. The van der Waals surface area contributed by atoms with Gasteiger partial charge in [-0.15, -0.1) is 0 Å². The Morgan fingerprint density at radius 3 is 2.04 bits per heavy atom. The van der Waals surface area contributed by atoms with Crippen LogP contribution in [-0.2, 0) is 11.2 Å². The maximum atomic E-state index is 12.4. The number of piperazine rings is 1. The zero-order valence-electron chi connectivity index (χ0n) is 13.5. The van der Waals surface area contributed by atoms with Gasteiger partial charge in [-0.25, -0.2) is 0 Å². The molecule has 0 spiro atoms. The van der Waals surface area contributed by atoms with Crippen LogP contribution in [-0.4, -0.2) is 47.8 Å². The van der Waals surface area contributed by atoms with Crippen LogP contribution in [0.1, 0.15) is 15.9 Å². The normalized spacial score (nSPS) is 14.5. The summed E-state index contributed by atoms with van der Waals surface area (Å²) in [5.74, 6) is 0.118. The van der Waals surface area contributed by atoms with E-state index in [0.29, 0.717) is 43.9 Å². The highest BCUT2D eigenvalue weighted by Gasteiger charge is 2.24. The van der Waals surface area contributed by atoms with E-state index < -0.39 is 0 Å². The lowest BCUT2D eigenvalue weighted by Crippen LogP contribution is -2.51. The number of hydrogen-bond donors (Lipinski definition) is 1. The first-order valence-electron chi connectivity index (χ1n) is 8.10. The predicted molar refractivity (Wildman–Crippen MR) is 93.5 cm³/mol. The van der Waals surface area contributed by atoms with Crippen molar-refractivity contribution >= 4 is 17.5 Å². The smallest absolute Gasteiger partial charge is 0.253 e. The molecule has 1 fully saturated rings. The summed E-state index contributed by atoms with van der Waals surface area (Å²) >= 11 is 0. The van der Waals surface area contributed by atoms with E-state index in [1.807, 2.05) is 52.3 Å². The van der Waals surface area contributed by atoms with Crippen LogP contribution in [0.5, 0.6) is 0 Å².